The first-order chi connectivity index (χ1) is 10.9. The summed E-state index contributed by atoms with van der Waals surface area (Å²) in [7, 11) is 5.83. The molecule has 0 unspecified atom stereocenters. The fourth-order valence-corrected chi connectivity index (χ4v) is 3.73. The number of thiazole rings is 1. The smallest absolute Gasteiger partial charge is 0.193 e. The minimum atomic E-state index is 0.752. The van der Waals surface area contributed by atoms with Crippen molar-refractivity contribution in [2.24, 2.45) is 12.0 Å². The molecule has 2 aromatic rings. The lowest BCUT2D eigenvalue weighted by Gasteiger charge is -2.22. The zero-order valence-corrected chi connectivity index (χ0v) is 15.9. The highest BCUT2D eigenvalue weighted by Gasteiger charge is 2.10. The summed E-state index contributed by atoms with van der Waals surface area (Å²) in [6, 6.07) is 1.98. The Morgan fingerprint density at radius 3 is 2.74 bits per heavy atom. The molecule has 0 saturated heterocycles. The number of hydrogen-bond acceptors (Lipinski definition) is 3. The van der Waals surface area contributed by atoms with Crippen molar-refractivity contribution in [2.45, 2.75) is 26.8 Å². The molecule has 0 aromatic carbocycles. The van der Waals surface area contributed by atoms with Crippen LogP contribution >= 0.6 is 22.9 Å². The van der Waals surface area contributed by atoms with Crippen LogP contribution in [0.15, 0.2) is 17.3 Å². The van der Waals surface area contributed by atoms with E-state index in [4.69, 9.17) is 11.6 Å². The monoisotopic (exact) mass is 353 g/mol. The highest BCUT2D eigenvalue weighted by atomic mass is 35.5. The molecule has 7 heteroatoms. The summed E-state index contributed by atoms with van der Waals surface area (Å²) >= 11 is 7.81. The topological polar surface area (TPSA) is 45.5 Å². The molecule has 0 atom stereocenters. The van der Waals surface area contributed by atoms with Crippen LogP contribution in [0.2, 0.25) is 5.02 Å². The van der Waals surface area contributed by atoms with Gasteiger partial charge in [0.2, 0.25) is 0 Å². The highest BCUT2D eigenvalue weighted by molar-refractivity contribution is 7.11. The average Bonchev–Trinajstić information content (AvgIpc) is 2.96. The molecule has 0 radical (unpaired) electrons. The zero-order chi connectivity index (χ0) is 17.0. The Kier molecular flexibility index (Phi) is 6.07. The molecular formula is C16H24ClN5S. The quantitative estimate of drug-likeness (QED) is 0.664. The van der Waals surface area contributed by atoms with E-state index < -0.39 is 0 Å². The third kappa shape index (κ3) is 4.72. The van der Waals surface area contributed by atoms with Crippen LogP contribution < -0.4 is 5.32 Å². The lowest BCUT2D eigenvalue weighted by molar-refractivity contribution is 0.462. The van der Waals surface area contributed by atoms with E-state index in [1.807, 2.05) is 37.8 Å². The Morgan fingerprint density at radius 1 is 1.48 bits per heavy atom. The number of guanidine groups is 1. The van der Waals surface area contributed by atoms with Crippen molar-refractivity contribution in [1.82, 2.24) is 19.8 Å². The minimum Gasteiger partial charge on any atom is -0.356 e. The van der Waals surface area contributed by atoms with Crippen LogP contribution in [0.1, 0.15) is 21.3 Å². The van der Waals surface area contributed by atoms with Gasteiger partial charge in [0, 0.05) is 50.9 Å². The van der Waals surface area contributed by atoms with Crippen molar-refractivity contribution in [3.05, 3.63) is 38.6 Å². The van der Waals surface area contributed by atoms with Crippen LogP contribution in [0.4, 0.5) is 0 Å². The molecule has 1 N–H and O–H groups in total. The van der Waals surface area contributed by atoms with Gasteiger partial charge in [0.15, 0.2) is 5.96 Å². The summed E-state index contributed by atoms with van der Waals surface area (Å²) in [5, 5.41) is 5.30. The Balaban J connectivity index is 1.89. The van der Waals surface area contributed by atoms with Crippen molar-refractivity contribution in [2.75, 3.05) is 20.6 Å². The first-order valence-electron chi connectivity index (χ1n) is 7.56. The second-order valence-electron chi connectivity index (χ2n) is 5.58. The van der Waals surface area contributed by atoms with Crippen LogP contribution in [0.3, 0.4) is 0 Å². The number of rotatable bonds is 5. The van der Waals surface area contributed by atoms with Gasteiger partial charge in [-0.1, -0.05) is 11.6 Å². The van der Waals surface area contributed by atoms with Gasteiger partial charge in [-0.25, -0.2) is 4.98 Å². The summed E-state index contributed by atoms with van der Waals surface area (Å²) in [6.07, 6.45) is 2.87. The predicted octanol–water partition coefficient (Wildman–Crippen LogP) is 3.00. The molecule has 126 valence electrons. The Bertz CT molecular complexity index is 689. The molecule has 0 spiro atoms. The highest BCUT2D eigenvalue weighted by Crippen LogP contribution is 2.17. The van der Waals surface area contributed by atoms with E-state index >= 15 is 0 Å². The number of halogens is 1. The Hall–Kier alpha value is -1.53. The lowest BCUT2D eigenvalue weighted by Crippen LogP contribution is -2.39. The molecule has 0 amide bonds. The van der Waals surface area contributed by atoms with Gasteiger partial charge in [0.1, 0.15) is 0 Å². The number of hydrogen-bond donors (Lipinski definition) is 1. The SMILES string of the molecule is CN=C(NCCc1sc(C)nc1C)N(C)Cc1cc(Cl)cn1C. The third-order valence-electron chi connectivity index (χ3n) is 3.68. The van der Waals surface area contributed by atoms with Gasteiger partial charge in [0.05, 0.1) is 22.3 Å². The maximum absolute atomic E-state index is 6.04. The number of aliphatic imine (C=N–C) groups is 1. The molecule has 2 heterocycles. The molecule has 23 heavy (non-hydrogen) atoms. The number of aryl methyl sites for hydroxylation is 3. The molecule has 2 aromatic heterocycles. The molecule has 0 aliphatic heterocycles. The zero-order valence-electron chi connectivity index (χ0n) is 14.4. The van der Waals surface area contributed by atoms with Crippen molar-refractivity contribution in [1.29, 1.82) is 0 Å². The van der Waals surface area contributed by atoms with Gasteiger partial charge >= 0.3 is 0 Å². The number of nitrogens with one attached hydrogen (secondary N) is 1. The molecule has 0 saturated carbocycles. The fourth-order valence-electron chi connectivity index (χ4n) is 2.52. The standard InChI is InChI=1S/C16H24ClN5S/c1-11-15(23-12(2)20-11)6-7-19-16(18-3)22(5)10-14-8-13(17)9-21(14)4/h8-9H,6-7,10H2,1-5H3,(H,18,19). The summed E-state index contributed by atoms with van der Waals surface area (Å²) in [6.45, 7) is 5.71. The van der Waals surface area contributed by atoms with E-state index in [-0.39, 0.29) is 0 Å². The molecule has 0 fully saturated rings. The molecule has 5 nitrogen and oxygen atoms in total. The van der Waals surface area contributed by atoms with Crippen LogP contribution in [0, 0.1) is 13.8 Å². The van der Waals surface area contributed by atoms with E-state index in [1.54, 1.807) is 18.4 Å². The Morgan fingerprint density at radius 2 is 2.22 bits per heavy atom. The largest absolute Gasteiger partial charge is 0.356 e. The molecule has 0 aliphatic rings. The maximum Gasteiger partial charge on any atom is 0.193 e. The molecule has 0 bridgehead atoms. The van der Waals surface area contributed by atoms with Crippen LogP contribution in [-0.4, -0.2) is 41.1 Å². The second kappa shape index (κ2) is 7.84. The minimum absolute atomic E-state index is 0.752. The van der Waals surface area contributed by atoms with Crippen molar-refractivity contribution in [3.8, 4) is 0 Å². The normalized spacial score (nSPS) is 11.8. The van der Waals surface area contributed by atoms with Gasteiger partial charge in [-0.3, -0.25) is 4.99 Å². The van der Waals surface area contributed by atoms with Crippen LogP contribution in [-0.2, 0) is 20.0 Å². The number of aromatic nitrogens is 2. The Labute approximate surface area is 147 Å². The first-order valence-corrected chi connectivity index (χ1v) is 8.75. The molecule has 0 aliphatic carbocycles. The number of nitrogens with zero attached hydrogens (tertiary/aromatic N) is 4. The predicted molar refractivity (Wildman–Crippen MR) is 98.5 cm³/mol. The van der Waals surface area contributed by atoms with Crippen molar-refractivity contribution >= 4 is 28.9 Å². The maximum atomic E-state index is 6.04. The second-order valence-corrected chi connectivity index (χ2v) is 7.31. The van der Waals surface area contributed by atoms with Crippen molar-refractivity contribution < 1.29 is 0 Å². The lowest BCUT2D eigenvalue weighted by atomic mass is 10.3. The van der Waals surface area contributed by atoms with Gasteiger partial charge < -0.3 is 14.8 Å². The van der Waals surface area contributed by atoms with Crippen LogP contribution in [0.25, 0.3) is 0 Å². The molecular weight excluding hydrogens is 330 g/mol. The van der Waals surface area contributed by atoms with E-state index in [0.29, 0.717) is 0 Å². The van der Waals surface area contributed by atoms with Crippen molar-refractivity contribution in [3.63, 3.8) is 0 Å². The average molecular weight is 354 g/mol. The summed E-state index contributed by atoms with van der Waals surface area (Å²) < 4.78 is 2.04. The van der Waals surface area contributed by atoms with E-state index in [9.17, 15) is 0 Å². The van der Waals surface area contributed by atoms with Crippen LogP contribution in [0.5, 0.6) is 0 Å². The fraction of sp³-hybridized carbons (Fsp3) is 0.500. The van der Waals surface area contributed by atoms with Gasteiger partial charge in [-0.15, -0.1) is 11.3 Å². The van der Waals surface area contributed by atoms with E-state index in [1.165, 1.54) is 4.88 Å². The van der Waals surface area contributed by atoms with Gasteiger partial charge in [-0.2, -0.15) is 0 Å². The van der Waals surface area contributed by atoms with E-state index in [0.717, 1.165) is 46.9 Å². The third-order valence-corrected chi connectivity index (χ3v) is 5.02. The summed E-state index contributed by atoms with van der Waals surface area (Å²) in [5.74, 6) is 0.876. The summed E-state index contributed by atoms with van der Waals surface area (Å²) in [5.41, 5.74) is 2.28. The first kappa shape index (κ1) is 17.8. The molecule has 2 rings (SSSR count). The summed E-state index contributed by atoms with van der Waals surface area (Å²) in [4.78, 5) is 12.3. The van der Waals surface area contributed by atoms with Gasteiger partial charge in [0.25, 0.3) is 0 Å². The van der Waals surface area contributed by atoms with E-state index in [2.05, 4.69) is 27.1 Å². The van der Waals surface area contributed by atoms with Gasteiger partial charge in [-0.05, 0) is 19.9 Å².